The molecular formula is C13H25ClN4O3S. The maximum Gasteiger partial charge on any atom is 0.243 e. The van der Waals surface area contributed by atoms with Gasteiger partial charge in [0.05, 0.1) is 18.3 Å². The van der Waals surface area contributed by atoms with E-state index in [9.17, 15) is 8.42 Å². The number of hydrogen-bond donors (Lipinski definition) is 2. The first-order chi connectivity index (χ1) is 9.88. The Morgan fingerprint density at radius 1 is 1.55 bits per heavy atom. The highest BCUT2D eigenvalue weighted by Crippen LogP contribution is 2.20. The number of ether oxygens (including phenoxy) is 1. The topological polar surface area (TPSA) is 85.2 Å². The lowest BCUT2D eigenvalue weighted by Crippen LogP contribution is -2.52. The van der Waals surface area contributed by atoms with Crippen LogP contribution >= 0.6 is 12.4 Å². The van der Waals surface area contributed by atoms with Gasteiger partial charge in [-0.25, -0.2) is 13.1 Å². The van der Waals surface area contributed by atoms with E-state index in [0.717, 1.165) is 19.4 Å². The van der Waals surface area contributed by atoms with Gasteiger partial charge in [-0.3, -0.25) is 4.68 Å². The molecule has 1 aliphatic rings. The van der Waals surface area contributed by atoms with Crippen LogP contribution in [0.3, 0.4) is 0 Å². The van der Waals surface area contributed by atoms with Crippen molar-refractivity contribution in [2.75, 3.05) is 26.8 Å². The quantitative estimate of drug-likeness (QED) is 0.762. The lowest BCUT2D eigenvalue weighted by molar-refractivity contribution is 0.122. The number of aromatic nitrogens is 2. The van der Waals surface area contributed by atoms with Crippen LogP contribution in [-0.4, -0.2) is 50.5 Å². The van der Waals surface area contributed by atoms with E-state index in [4.69, 9.17) is 4.74 Å². The predicted octanol–water partition coefficient (Wildman–Crippen LogP) is 0.933. The Bertz CT molecular complexity index is 568. The SMILES string of the molecule is COCC1(CNS(=O)(=O)c2cnn(C(C)C)c2)CCCN1.Cl. The van der Waals surface area contributed by atoms with Crippen LogP contribution in [0.25, 0.3) is 0 Å². The fourth-order valence-corrected chi connectivity index (χ4v) is 3.59. The van der Waals surface area contributed by atoms with Gasteiger partial charge < -0.3 is 10.1 Å². The number of rotatable bonds is 7. The van der Waals surface area contributed by atoms with Gasteiger partial charge in [-0.2, -0.15) is 5.10 Å². The molecule has 1 unspecified atom stereocenters. The maximum absolute atomic E-state index is 12.3. The number of nitrogens with one attached hydrogen (secondary N) is 2. The molecule has 7 nitrogen and oxygen atoms in total. The predicted molar refractivity (Wildman–Crippen MR) is 86.9 cm³/mol. The molecule has 0 amide bonds. The second-order valence-electron chi connectivity index (χ2n) is 5.82. The van der Waals surface area contributed by atoms with Crippen LogP contribution < -0.4 is 10.0 Å². The van der Waals surface area contributed by atoms with E-state index < -0.39 is 10.0 Å². The summed E-state index contributed by atoms with van der Waals surface area (Å²) < 4.78 is 34.2. The molecular weight excluding hydrogens is 328 g/mol. The second kappa shape index (κ2) is 7.74. The van der Waals surface area contributed by atoms with Gasteiger partial charge in [-0.1, -0.05) is 0 Å². The number of sulfonamides is 1. The van der Waals surface area contributed by atoms with Crippen molar-refractivity contribution >= 4 is 22.4 Å². The van der Waals surface area contributed by atoms with E-state index in [1.807, 2.05) is 13.8 Å². The van der Waals surface area contributed by atoms with E-state index in [0.29, 0.717) is 13.2 Å². The first-order valence-electron chi connectivity index (χ1n) is 7.16. The molecule has 0 aromatic carbocycles. The third kappa shape index (κ3) is 4.42. The Morgan fingerprint density at radius 2 is 2.27 bits per heavy atom. The van der Waals surface area contributed by atoms with Gasteiger partial charge in [0.2, 0.25) is 10.0 Å². The molecule has 0 radical (unpaired) electrons. The molecule has 0 bridgehead atoms. The fraction of sp³-hybridized carbons (Fsp3) is 0.769. The van der Waals surface area contributed by atoms with E-state index >= 15 is 0 Å². The maximum atomic E-state index is 12.3. The van der Waals surface area contributed by atoms with Gasteiger partial charge in [-0.15, -0.1) is 12.4 Å². The number of methoxy groups -OCH3 is 1. The van der Waals surface area contributed by atoms with Crippen molar-refractivity contribution in [3.63, 3.8) is 0 Å². The lowest BCUT2D eigenvalue weighted by atomic mass is 9.99. The van der Waals surface area contributed by atoms with Gasteiger partial charge in [-0.05, 0) is 33.2 Å². The normalized spacial score (nSPS) is 22.0. The average Bonchev–Trinajstić information content (AvgIpc) is 3.07. The van der Waals surface area contributed by atoms with E-state index in [2.05, 4.69) is 15.1 Å². The Hall–Kier alpha value is -0.670. The van der Waals surface area contributed by atoms with E-state index in [1.165, 1.54) is 6.20 Å². The van der Waals surface area contributed by atoms with Crippen molar-refractivity contribution in [2.45, 2.75) is 43.2 Å². The molecule has 2 heterocycles. The summed E-state index contributed by atoms with van der Waals surface area (Å²) in [5, 5.41) is 7.42. The molecule has 1 aromatic rings. The smallest absolute Gasteiger partial charge is 0.243 e. The summed E-state index contributed by atoms with van der Waals surface area (Å²) in [5.41, 5.74) is -0.310. The molecule has 9 heteroatoms. The molecule has 128 valence electrons. The highest BCUT2D eigenvalue weighted by molar-refractivity contribution is 7.89. The Labute approximate surface area is 138 Å². The van der Waals surface area contributed by atoms with Crippen molar-refractivity contribution in [1.82, 2.24) is 19.8 Å². The van der Waals surface area contributed by atoms with Gasteiger partial charge in [0, 0.05) is 25.9 Å². The zero-order valence-electron chi connectivity index (χ0n) is 13.2. The molecule has 0 saturated carbocycles. The van der Waals surface area contributed by atoms with Crippen LogP contribution in [0.1, 0.15) is 32.7 Å². The van der Waals surface area contributed by atoms with E-state index in [-0.39, 0.29) is 28.9 Å². The highest BCUT2D eigenvalue weighted by Gasteiger charge is 2.35. The summed E-state index contributed by atoms with van der Waals surface area (Å²) in [6.45, 7) is 5.59. The molecule has 1 atom stereocenters. The van der Waals surface area contributed by atoms with Gasteiger partial charge in [0.25, 0.3) is 0 Å². The first kappa shape index (κ1) is 19.4. The summed E-state index contributed by atoms with van der Waals surface area (Å²) in [5.74, 6) is 0. The third-order valence-corrected chi connectivity index (χ3v) is 5.13. The molecule has 1 saturated heterocycles. The van der Waals surface area contributed by atoms with Crippen molar-refractivity contribution in [2.24, 2.45) is 0 Å². The van der Waals surface area contributed by atoms with Gasteiger partial charge in [0.15, 0.2) is 0 Å². The van der Waals surface area contributed by atoms with Crippen molar-refractivity contribution in [1.29, 1.82) is 0 Å². The largest absolute Gasteiger partial charge is 0.383 e. The van der Waals surface area contributed by atoms with Gasteiger partial charge in [0.1, 0.15) is 4.90 Å². The van der Waals surface area contributed by atoms with Crippen molar-refractivity contribution in [3.05, 3.63) is 12.4 Å². The number of nitrogens with zero attached hydrogens (tertiary/aromatic N) is 2. The Balaban J connectivity index is 0.00000242. The molecule has 2 rings (SSSR count). The van der Waals surface area contributed by atoms with Gasteiger partial charge >= 0.3 is 0 Å². The Morgan fingerprint density at radius 3 is 2.77 bits per heavy atom. The minimum atomic E-state index is -3.55. The van der Waals surface area contributed by atoms with Crippen LogP contribution in [0, 0.1) is 0 Å². The van der Waals surface area contributed by atoms with Crippen LogP contribution in [-0.2, 0) is 14.8 Å². The summed E-state index contributed by atoms with van der Waals surface area (Å²) in [6.07, 6.45) is 4.86. The number of hydrogen-bond acceptors (Lipinski definition) is 5. The van der Waals surface area contributed by atoms with Crippen molar-refractivity contribution < 1.29 is 13.2 Å². The molecule has 2 N–H and O–H groups in total. The number of halogens is 1. The van der Waals surface area contributed by atoms with Crippen molar-refractivity contribution in [3.8, 4) is 0 Å². The molecule has 22 heavy (non-hydrogen) atoms. The summed E-state index contributed by atoms with van der Waals surface area (Å²) in [4.78, 5) is 0.196. The Kier molecular flexibility index (Phi) is 6.82. The van der Waals surface area contributed by atoms with Crippen LogP contribution in [0.2, 0.25) is 0 Å². The highest BCUT2D eigenvalue weighted by atomic mass is 35.5. The minimum Gasteiger partial charge on any atom is -0.383 e. The molecule has 0 spiro atoms. The minimum absolute atomic E-state index is 0. The molecule has 1 aromatic heterocycles. The summed E-state index contributed by atoms with van der Waals surface area (Å²) in [7, 11) is -1.92. The summed E-state index contributed by atoms with van der Waals surface area (Å²) >= 11 is 0. The molecule has 0 aliphatic carbocycles. The van der Waals surface area contributed by atoms with Crippen LogP contribution in [0.15, 0.2) is 17.3 Å². The van der Waals surface area contributed by atoms with Crippen LogP contribution in [0.4, 0.5) is 0 Å². The van der Waals surface area contributed by atoms with Crippen LogP contribution in [0.5, 0.6) is 0 Å². The van der Waals surface area contributed by atoms with E-state index in [1.54, 1.807) is 18.0 Å². The monoisotopic (exact) mass is 352 g/mol. The second-order valence-corrected chi connectivity index (χ2v) is 7.58. The third-order valence-electron chi connectivity index (χ3n) is 3.77. The first-order valence-corrected chi connectivity index (χ1v) is 8.65. The standard InChI is InChI=1S/C13H24N4O3S.ClH/c1-11(2)17-8-12(7-15-17)21(18,19)16-9-13(10-20-3)5-4-6-14-13;/h7-8,11,14,16H,4-6,9-10H2,1-3H3;1H. The molecule has 1 aliphatic heterocycles. The lowest BCUT2D eigenvalue weighted by Gasteiger charge is -2.28. The molecule has 1 fully saturated rings. The summed E-state index contributed by atoms with van der Waals surface area (Å²) in [6, 6.07) is 0.130. The zero-order chi connectivity index (χ0) is 15.5. The fourth-order valence-electron chi connectivity index (χ4n) is 2.53. The average molecular weight is 353 g/mol. The zero-order valence-corrected chi connectivity index (χ0v) is 14.8.